The second kappa shape index (κ2) is 8.36. The summed E-state index contributed by atoms with van der Waals surface area (Å²) in [4.78, 5) is 24.5. The molecule has 0 radical (unpaired) electrons. The second-order valence-electron chi connectivity index (χ2n) is 6.34. The molecule has 0 atom stereocenters. The lowest BCUT2D eigenvalue weighted by Gasteiger charge is -2.34. The molecule has 2 aromatic rings. The zero-order valence-electron chi connectivity index (χ0n) is 14.8. The van der Waals surface area contributed by atoms with Crippen molar-refractivity contribution in [1.82, 2.24) is 14.8 Å². The first kappa shape index (κ1) is 17.8. The maximum Gasteiger partial charge on any atom is 0.324 e. The van der Waals surface area contributed by atoms with Crippen molar-refractivity contribution in [3.63, 3.8) is 0 Å². The Morgan fingerprint density at radius 2 is 2.00 bits per heavy atom. The molecule has 2 amide bonds. The van der Waals surface area contributed by atoms with Gasteiger partial charge >= 0.3 is 6.03 Å². The van der Waals surface area contributed by atoms with Crippen molar-refractivity contribution in [3.05, 3.63) is 54.4 Å². The van der Waals surface area contributed by atoms with Gasteiger partial charge in [0.1, 0.15) is 0 Å². The fraction of sp³-hybridized carbons (Fsp3) is 0.368. The summed E-state index contributed by atoms with van der Waals surface area (Å²) in [5, 5.41) is 0. The molecule has 1 aliphatic heterocycles. The molecule has 2 heterocycles. The minimum absolute atomic E-state index is 0.0558. The monoisotopic (exact) mass is 356 g/mol. The highest BCUT2D eigenvalue weighted by Crippen LogP contribution is 2.34. The Morgan fingerprint density at radius 1 is 1.20 bits per heavy atom. The van der Waals surface area contributed by atoms with Crippen LogP contribution in [0, 0.1) is 0 Å². The van der Waals surface area contributed by atoms with Crippen LogP contribution in [0.5, 0.6) is 0 Å². The third-order valence-corrected chi connectivity index (χ3v) is 5.20. The molecular weight excluding hydrogens is 332 g/mol. The number of urea groups is 1. The van der Waals surface area contributed by atoms with E-state index in [1.54, 1.807) is 24.2 Å². The first-order chi connectivity index (χ1) is 12.1. The van der Waals surface area contributed by atoms with Crippen LogP contribution in [0.2, 0.25) is 0 Å². The number of pyridine rings is 1. The van der Waals surface area contributed by atoms with Gasteiger partial charge in [0, 0.05) is 43.0 Å². The van der Waals surface area contributed by atoms with Crippen LogP contribution < -0.4 is 4.90 Å². The van der Waals surface area contributed by atoms with Gasteiger partial charge in [0.2, 0.25) is 0 Å². The van der Waals surface area contributed by atoms with E-state index in [0.717, 1.165) is 35.0 Å². The van der Waals surface area contributed by atoms with E-state index in [1.165, 1.54) is 0 Å². The first-order valence-corrected chi connectivity index (χ1v) is 9.45. The van der Waals surface area contributed by atoms with Crippen molar-refractivity contribution >= 4 is 23.5 Å². The Kier molecular flexibility index (Phi) is 5.94. The fourth-order valence-electron chi connectivity index (χ4n) is 2.80. The van der Waals surface area contributed by atoms with Crippen LogP contribution in [0.1, 0.15) is 5.56 Å². The number of hydrogen-bond acceptors (Lipinski definition) is 4. The molecule has 0 bridgehead atoms. The molecule has 0 saturated carbocycles. The van der Waals surface area contributed by atoms with Gasteiger partial charge in [-0.15, -0.1) is 11.8 Å². The van der Waals surface area contributed by atoms with Crippen LogP contribution >= 0.6 is 11.8 Å². The number of anilines is 1. The van der Waals surface area contributed by atoms with Gasteiger partial charge in [-0.05, 0) is 25.7 Å². The number of benzene rings is 1. The average Bonchev–Trinajstić information content (AvgIpc) is 2.65. The largest absolute Gasteiger partial charge is 0.324 e. The topological polar surface area (TPSA) is 39.7 Å². The molecule has 1 aromatic carbocycles. The molecular formula is C19H24N4OS. The van der Waals surface area contributed by atoms with Crippen LogP contribution in [0.15, 0.2) is 53.7 Å². The molecule has 0 saturated heterocycles. The maximum atomic E-state index is 13.3. The lowest BCUT2D eigenvalue weighted by atomic mass is 10.2. The first-order valence-electron chi connectivity index (χ1n) is 8.47. The van der Waals surface area contributed by atoms with Crippen molar-refractivity contribution in [2.24, 2.45) is 0 Å². The Hall–Kier alpha value is -2.05. The minimum Gasteiger partial charge on any atom is -0.319 e. The molecule has 1 aliphatic rings. The van der Waals surface area contributed by atoms with E-state index in [1.807, 2.05) is 48.2 Å². The van der Waals surface area contributed by atoms with Gasteiger partial charge in [0.05, 0.1) is 11.9 Å². The van der Waals surface area contributed by atoms with Crippen molar-refractivity contribution < 1.29 is 4.79 Å². The van der Waals surface area contributed by atoms with E-state index in [0.29, 0.717) is 13.1 Å². The van der Waals surface area contributed by atoms with E-state index in [4.69, 9.17) is 0 Å². The Balaban J connectivity index is 1.81. The van der Waals surface area contributed by atoms with E-state index >= 15 is 0 Å². The van der Waals surface area contributed by atoms with Crippen molar-refractivity contribution in [2.75, 3.05) is 44.4 Å². The highest BCUT2D eigenvalue weighted by atomic mass is 32.2. The Morgan fingerprint density at radius 3 is 2.76 bits per heavy atom. The Bertz CT molecular complexity index is 708. The molecule has 6 heteroatoms. The number of carbonyl (C=O) groups excluding carboxylic acids is 1. The Labute approximate surface area is 153 Å². The SMILES string of the molecule is CN(C)CCN(Cc1ccccc1)C(=O)N1CCSc2ccncc21. The van der Waals surface area contributed by atoms with E-state index in [2.05, 4.69) is 22.0 Å². The number of rotatable bonds is 5. The zero-order valence-corrected chi connectivity index (χ0v) is 15.6. The summed E-state index contributed by atoms with van der Waals surface area (Å²) in [6.45, 7) is 2.86. The standard InChI is InChI=1S/C19H24N4OS/c1-21(2)10-11-22(15-16-6-4-3-5-7-16)19(24)23-12-13-25-18-8-9-20-14-17(18)23/h3-9,14H,10-13,15H2,1-2H3. The number of aromatic nitrogens is 1. The summed E-state index contributed by atoms with van der Waals surface area (Å²) in [6, 6.07) is 12.2. The number of thioether (sulfide) groups is 1. The molecule has 0 spiro atoms. The molecule has 0 N–H and O–H groups in total. The summed E-state index contributed by atoms with van der Waals surface area (Å²) >= 11 is 1.78. The lowest BCUT2D eigenvalue weighted by Crippen LogP contribution is -2.47. The third-order valence-electron chi connectivity index (χ3n) is 4.16. The van der Waals surface area contributed by atoms with Crippen molar-refractivity contribution in [2.45, 2.75) is 11.4 Å². The number of nitrogens with zero attached hydrogens (tertiary/aromatic N) is 4. The molecule has 5 nitrogen and oxygen atoms in total. The van der Waals surface area contributed by atoms with Crippen molar-refractivity contribution in [1.29, 1.82) is 0 Å². The number of likely N-dealkylation sites (N-methyl/N-ethyl adjacent to an activating group) is 1. The zero-order chi connectivity index (χ0) is 17.6. The predicted octanol–water partition coefficient (Wildman–Crippen LogP) is 3.18. The summed E-state index contributed by atoms with van der Waals surface area (Å²) < 4.78 is 0. The van der Waals surface area contributed by atoms with Crippen LogP contribution in [0.25, 0.3) is 0 Å². The number of fused-ring (bicyclic) bond motifs is 1. The van der Waals surface area contributed by atoms with Gasteiger partial charge in [-0.2, -0.15) is 0 Å². The number of hydrogen-bond donors (Lipinski definition) is 0. The molecule has 0 aliphatic carbocycles. The van der Waals surface area contributed by atoms with Crippen LogP contribution in [-0.4, -0.2) is 60.3 Å². The predicted molar refractivity (Wildman–Crippen MR) is 103 cm³/mol. The normalized spacial score (nSPS) is 13.6. The maximum absolute atomic E-state index is 13.3. The van der Waals surface area contributed by atoms with Crippen LogP contribution in [0.3, 0.4) is 0 Å². The number of amides is 2. The second-order valence-corrected chi connectivity index (χ2v) is 7.47. The molecule has 1 aromatic heterocycles. The van der Waals surface area contributed by atoms with E-state index in [-0.39, 0.29) is 6.03 Å². The summed E-state index contributed by atoms with van der Waals surface area (Å²) in [6.07, 6.45) is 3.58. The van der Waals surface area contributed by atoms with Gasteiger partial charge in [-0.25, -0.2) is 4.79 Å². The average molecular weight is 356 g/mol. The lowest BCUT2D eigenvalue weighted by molar-refractivity contribution is 0.195. The summed E-state index contributed by atoms with van der Waals surface area (Å²) in [5.74, 6) is 0.912. The van der Waals surface area contributed by atoms with Gasteiger partial charge < -0.3 is 9.80 Å². The van der Waals surface area contributed by atoms with Crippen molar-refractivity contribution in [3.8, 4) is 0 Å². The molecule has 0 fully saturated rings. The molecule has 3 rings (SSSR count). The minimum atomic E-state index is 0.0558. The third kappa shape index (κ3) is 4.52. The van der Waals surface area contributed by atoms with Gasteiger partial charge in [0.15, 0.2) is 0 Å². The summed E-state index contributed by atoms with van der Waals surface area (Å²) in [5.41, 5.74) is 2.07. The van der Waals surface area contributed by atoms with E-state index in [9.17, 15) is 4.79 Å². The number of carbonyl (C=O) groups is 1. The fourth-order valence-corrected chi connectivity index (χ4v) is 3.76. The smallest absolute Gasteiger partial charge is 0.319 e. The summed E-state index contributed by atoms with van der Waals surface area (Å²) in [7, 11) is 4.06. The van der Waals surface area contributed by atoms with Gasteiger partial charge in [0.25, 0.3) is 0 Å². The molecule has 0 unspecified atom stereocenters. The van der Waals surface area contributed by atoms with E-state index < -0.39 is 0 Å². The van der Waals surface area contributed by atoms with Crippen LogP contribution in [0.4, 0.5) is 10.5 Å². The highest BCUT2D eigenvalue weighted by molar-refractivity contribution is 7.99. The molecule has 25 heavy (non-hydrogen) atoms. The highest BCUT2D eigenvalue weighted by Gasteiger charge is 2.27. The van der Waals surface area contributed by atoms with Gasteiger partial charge in [-0.3, -0.25) is 9.88 Å². The molecule has 132 valence electrons. The van der Waals surface area contributed by atoms with Gasteiger partial charge in [-0.1, -0.05) is 30.3 Å². The van der Waals surface area contributed by atoms with Crippen LogP contribution in [-0.2, 0) is 6.54 Å². The quantitative estimate of drug-likeness (QED) is 0.825.